The first kappa shape index (κ1) is 12.2. The first-order chi connectivity index (χ1) is 7.27. The smallest absolute Gasteiger partial charge is 0.109 e. The van der Waals surface area contributed by atoms with Gasteiger partial charge in [0.05, 0.1) is 0 Å². The number of nitrogens with one attached hydrogen (secondary N) is 1. The van der Waals surface area contributed by atoms with Crippen LogP contribution in [0.2, 0.25) is 0 Å². The fourth-order valence-electron chi connectivity index (χ4n) is 1.70. The molecule has 1 rings (SSSR count). The van der Waals surface area contributed by atoms with Crippen LogP contribution in [0, 0.1) is 0 Å². The van der Waals surface area contributed by atoms with E-state index in [1.165, 1.54) is 19.3 Å². The second-order valence-corrected chi connectivity index (χ2v) is 4.02. The topological polar surface area (TPSA) is 55.9 Å². The van der Waals surface area contributed by atoms with E-state index in [0.717, 1.165) is 18.7 Å². The molecule has 1 aromatic heterocycles. The average molecular weight is 210 g/mol. The lowest BCUT2D eigenvalue weighted by atomic mass is 10.1. The van der Waals surface area contributed by atoms with Gasteiger partial charge >= 0.3 is 0 Å². The van der Waals surface area contributed by atoms with E-state index in [1.807, 2.05) is 24.0 Å². The molecule has 1 aromatic rings. The van der Waals surface area contributed by atoms with Crippen molar-refractivity contribution >= 4 is 0 Å². The zero-order valence-electron chi connectivity index (χ0n) is 9.74. The van der Waals surface area contributed by atoms with Crippen molar-refractivity contribution in [3.05, 3.63) is 18.2 Å². The lowest BCUT2D eigenvalue weighted by Crippen LogP contribution is -2.37. The van der Waals surface area contributed by atoms with E-state index in [4.69, 9.17) is 5.84 Å². The minimum absolute atomic E-state index is 0.345. The number of hydrogen-bond acceptors (Lipinski definition) is 3. The average Bonchev–Trinajstić information content (AvgIpc) is 2.63. The molecule has 1 unspecified atom stereocenters. The summed E-state index contributed by atoms with van der Waals surface area (Å²) >= 11 is 0. The Labute approximate surface area is 91.8 Å². The third-order valence-electron chi connectivity index (χ3n) is 2.74. The molecule has 0 saturated carbocycles. The minimum Gasteiger partial charge on any atom is -0.338 e. The molecule has 0 fully saturated rings. The van der Waals surface area contributed by atoms with E-state index in [2.05, 4.69) is 17.3 Å². The van der Waals surface area contributed by atoms with Crippen LogP contribution in [0.4, 0.5) is 0 Å². The quantitative estimate of drug-likeness (QED) is 0.406. The standard InChI is InChI=1S/C11H22N4/c1-3-4-5-6-10(14-12)9-11-13-7-8-15(11)2/h7-8,10,14H,3-6,9,12H2,1-2H3. The Bertz CT molecular complexity index is 269. The number of aromatic nitrogens is 2. The maximum Gasteiger partial charge on any atom is 0.109 e. The highest BCUT2D eigenvalue weighted by Gasteiger charge is 2.09. The van der Waals surface area contributed by atoms with E-state index >= 15 is 0 Å². The Balaban J connectivity index is 2.36. The predicted molar refractivity (Wildman–Crippen MR) is 62.2 cm³/mol. The molecule has 3 N–H and O–H groups in total. The molecule has 0 aromatic carbocycles. The lowest BCUT2D eigenvalue weighted by molar-refractivity contribution is 0.455. The van der Waals surface area contributed by atoms with Gasteiger partial charge in [0, 0.05) is 31.9 Å². The highest BCUT2D eigenvalue weighted by atomic mass is 15.2. The van der Waals surface area contributed by atoms with E-state index in [9.17, 15) is 0 Å². The van der Waals surface area contributed by atoms with Gasteiger partial charge in [0.2, 0.25) is 0 Å². The summed E-state index contributed by atoms with van der Waals surface area (Å²) in [5.41, 5.74) is 2.87. The van der Waals surface area contributed by atoms with Crippen LogP contribution in [0.25, 0.3) is 0 Å². The van der Waals surface area contributed by atoms with Crippen molar-refractivity contribution in [3.8, 4) is 0 Å². The van der Waals surface area contributed by atoms with Crippen molar-refractivity contribution < 1.29 is 0 Å². The van der Waals surface area contributed by atoms with Crippen molar-refractivity contribution in [2.24, 2.45) is 12.9 Å². The Morgan fingerprint density at radius 3 is 2.87 bits per heavy atom. The van der Waals surface area contributed by atoms with Gasteiger partial charge in [0.15, 0.2) is 0 Å². The number of hydrogen-bond donors (Lipinski definition) is 2. The van der Waals surface area contributed by atoms with Crippen molar-refractivity contribution in [3.63, 3.8) is 0 Å². The Hall–Kier alpha value is -0.870. The maximum atomic E-state index is 5.53. The zero-order chi connectivity index (χ0) is 11.1. The Kier molecular flexibility index (Phi) is 5.36. The van der Waals surface area contributed by atoms with Gasteiger partial charge in [-0.25, -0.2) is 4.98 Å². The number of unbranched alkanes of at least 4 members (excludes halogenated alkanes) is 2. The molecule has 0 aliphatic heterocycles. The number of hydrazine groups is 1. The molecule has 1 heterocycles. The monoisotopic (exact) mass is 210 g/mol. The maximum absolute atomic E-state index is 5.53. The molecule has 1 atom stereocenters. The van der Waals surface area contributed by atoms with Crippen molar-refractivity contribution in [1.29, 1.82) is 0 Å². The number of nitrogens with zero attached hydrogens (tertiary/aromatic N) is 2. The summed E-state index contributed by atoms with van der Waals surface area (Å²) in [5, 5.41) is 0. The normalized spacial score (nSPS) is 13.0. The summed E-state index contributed by atoms with van der Waals surface area (Å²) in [6, 6.07) is 0.345. The van der Waals surface area contributed by atoms with Crippen molar-refractivity contribution in [2.45, 2.75) is 45.1 Å². The predicted octanol–water partition coefficient (Wildman–Crippen LogP) is 1.37. The molecule has 4 heteroatoms. The van der Waals surface area contributed by atoms with Gasteiger partial charge in [0.25, 0.3) is 0 Å². The first-order valence-corrected chi connectivity index (χ1v) is 5.70. The molecule has 0 amide bonds. The molecule has 0 radical (unpaired) electrons. The molecular formula is C11H22N4. The summed E-state index contributed by atoms with van der Waals surface area (Å²) in [6.07, 6.45) is 9.58. The molecule has 0 spiro atoms. The number of imidazole rings is 1. The van der Waals surface area contributed by atoms with Crippen LogP contribution in [0.15, 0.2) is 12.4 Å². The first-order valence-electron chi connectivity index (χ1n) is 5.70. The largest absolute Gasteiger partial charge is 0.338 e. The van der Waals surface area contributed by atoms with Crippen LogP contribution < -0.4 is 11.3 Å². The van der Waals surface area contributed by atoms with E-state index in [0.29, 0.717) is 6.04 Å². The molecule has 0 bridgehead atoms. The van der Waals surface area contributed by atoms with Crippen molar-refractivity contribution in [1.82, 2.24) is 15.0 Å². The van der Waals surface area contributed by atoms with Gasteiger partial charge in [-0.05, 0) is 6.42 Å². The summed E-state index contributed by atoms with van der Waals surface area (Å²) in [6.45, 7) is 2.21. The van der Waals surface area contributed by atoms with Gasteiger partial charge in [-0.1, -0.05) is 26.2 Å². The Morgan fingerprint density at radius 1 is 1.53 bits per heavy atom. The van der Waals surface area contributed by atoms with Gasteiger partial charge in [0.1, 0.15) is 5.82 Å². The molecular weight excluding hydrogens is 188 g/mol. The van der Waals surface area contributed by atoms with Crippen molar-refractivity contribution in [2.75, 3.05) is 0 Å². The van der Waals surface area contributed by atoms with Gasteiger partial charge in [-0.2, -0.15) is 0 Å². The minimum atomic E-state index is 0.345. The lowest BCUT2D eigenvalue weighted by Gasteiger charge is -2.15. The van der Waals surface area contributed by atoms with Gasteiger partial charge < -0.3 is 4.57 Å². The van der Waals surface area contributed by atoms with E-state index < -0.39 is 0 Å². The van der Waals surface area contributed by atoms with E-state index in [-0.39, 0.29) is 0 Å². The van der Waals surface area contributed by atoms with Crippen LogP contribution in [0.5, 0.6) is 0 Å². The highest BCUT2D eigenvalue weighted by Crippen LogP contribution is 2.07. The van der Waals surface area contributed by atoms with Crippen LogP contribution >= 0.6 is 0 Å². The van der Waals surface area contributed by atoms with E-state index in [1.54, 1.807) is 0 Å². The van der Waals surface area contributed by atoms with Crippen LogP contribution in [-0.2, 0) is 13.5 Å². The summed E-state index contributed by atoms with van der Waals surface area (Å²) in [7, 11) is 2.02. The number of rotatable bonds is 7. The van der Waals surface area contributed by atoms with Gasteiger partial charge in [-0.3, -0.25) is 11.3 Å². The van der Waals surface area contributed by atoms with Crippen LogP contribution in [0.1, 0.15) is 38.4 Å². The summed E-state index contributed by atoms with van der Waals surface area (Å²) in [4.78, 5) is 4.30. The molecule has 15 heavy (non-hydrogen) atoms. The third-order valence-corrected chi connectivity index (χ3v) is 2.74. The van der Waals surface area contributed by atoms with Gasteiger partial charge in [-0.15, -0.1) is 0 Å². The molecule has 0 saturated heterocycles. The zero-order valence-corrected chi connectivity index (χ0v) is 9.74. The molecule has 86 valence electrons. The van der Waals surface area contributed by atoms with Crippen LogP contribution in [0.3, 0.4) is 0 Å². The molecule has 0 aliphatic rings. The fourth-order valence-corrected chi connectivity index (χ4v) is 1.70. The second-order valence-electron chi connectivity index (χ2n) is 4.02. The Morgan fingerprint density at radius 2 is 2.33 bits per heavy atom. The fraction of sp³-hybridized carbons (Fsp3) is 0.727. The summed E-state index contributed by atoms with van der Waals surface area (Å²) < 4.78 is 2.05. The number of nitrogens with two attached hydrogens (primary N) is 1. The highest BCUT2D eigenvalue weighted by molar-refractivity contribution is 4.94. The molecule has 0 aliphatic carbocycles. The molecule has 4 nitrogen and oxygen atoms in total. The summed E-state index contributed by atoms with van der Waals surface area (Å²) in [5.74, 6) is 6.63. The third kappa shape index (κ3) is 4.01. The van der Waals surface area contributed by atoms with Crippen LogP contribution in [-0.4, -0.2) is 15.6 Å². The number of aryl methyl sites for hydroxylation is 1. The SMILES string of the molecule is CCCCCC(Cc1nccn1C)NN. The second kappa shape index (κ2) is 6.58.